The summed E-state index contributed by atoms with van der Waals surface area (Å²) in [6.07, 6.45) is 1.65. The Balaban J connectivity index is 1.46. The highest BCUT2D eigenvalue weighted by Gasteiger charge is 2.24. The average Bonchev–Trinajstić information content (AvgIpc) is 3.19. The molecule has 0 radical (unpaired) electrons. The highest BCUT2D eigenvalue weighted by molar-refractivity contribution is 9.10. The monoisotopic (exact) mass is 493 g/mol. The van der Waals surface area contributed by atoms with Gasteiger partial charge in [0.15, 0.2) is 5.70 Å². The van der Waals surface area contributed by atoms with Gasteiger partial charge in [-0.2, -0.15) is 0 Å². The van der Waals surface area contributed by atoms with Gasteiger partial charge in [-0.05, 0) is 48.5 Å². The fourth-order valence-electron chi connectivity index (χ4n) is 3.03. The van der Waals surface area contributed by atoms with Crippen LogP contribution in [0.2, 0.25) is 0 Å². The third-order valence-corrected chi connectivity index (χ3v) is 5.05. The number of esters is 1. The Morgan fingerprint density at radius 3 is 2.53 bits per heavy atom. The Morgan fingerprint density at radius 2 is 1.72 bits per heavy atom. The molecule has 0 unspecified atom stereocenters. The van der Waals surface area contributed by atoms with Crippen LogP contribution >= 0.6 is 15.9 Å². The maximum absolute atomic E-state index is 12.3. The summed E-state index contributed by atoms with van der Waals surface area (Å²) in [5.74, 6) is 1.81. The SMILES string of the molecule is COc1cccc(OCCOc2ccc(Br)cc2/C=C2\N=C(c3ccccc3)OC2=O)c1. The number of halogens is 1. The molecule has 0 spiro atoms. The fourth-order valence-corrected chi connectivity index (χ4v) is 3.41. The summed E-state index contributed by atoms with van der Waals surface area (Å²) in [6, 6.07) is 22.2. The van der Waals surface area contributed by atoms with Gasteiger partial charge in [-0.25, -0.2) is 9.79 Å². The molecule has 1 aliphatic heterocycles. The summed E-state index contributed by atoms with van der Waals surface area (Å²) in [4.78, 5) is 16.7. The molecule has 1 heterocycles. The van der Waals surface area contributed by atoms with Gasteiger partial charge in [-0.3, -0.25) is 0 Å². The number of hydrogen-bond donors (Lipinski definition) is 0. The Kier molecular flexibility index (Phi) is 6.87. The predicted octanol–water partition coefficient (Wildman–Crippen LogP) is 5.26. The van der Waals surface area contributed by atoms with E-state index < -0.39 is 5.97 Å². The Morgan fingerprint density at radius 1 is 0.938 bits per heavy atom. The standard InChI is InChI=1S/C25H20BrNO5/c1-29-20-8-5-9-21(16-20)30-12-13-31-23-11-10-19(26)14-18(23)15-22-25(28)32-24(27-22)17-6-3-2-4-7-17/h2-11,14-16H,12-13H2,1H3/b22-15-. The highest BCUT2D eigenvalue weighted by atomic mass is 79.9. The van der Waals surface area contributed by atoms with E-state index in [1.165, 1.54) is 0 Å². The van der Waals surface area contributed by atoms with Gasteiger partial charge in [0.2, 0.25) is 5.90 Å². The van der Waals surface area contributed by atoms with Gasteiger partial charge in [-0.1, -0.05) is 40.2 Å². The summed E-state index contributed by atoms with van der Waals surface area (Å²) in [5.41, 5.74) is 1.65. The molecule has 0 atom stereocenters. The summed E-state index contributed by atoms with van der Waals surface area (Å²) in [5, 5.41) is 0. The highest BCUT2D eigenvalue weighted by Crippen LogP contribution is 2.28. The molecule has 0 fully saturated rings. The molecule has 32 heavy (non-hydrogen) atoms. The number of methoxy groups -OCH3 is 1. The minimum atomic E-state index is -0.504. The number of nitrogens with zero attached hydrogens (tertiary/aromatic N) is 1. The van der Waals surface area contributed by atoms with Crippen LogP contribution in [0.5, 0.6) is 17.2 Å². The topological polar surface area (TPSA) is 66.3 Å². The minimum absolute atomic E-state index is 0.208. The zero-order chi connectivity index (χ0) is 22.3. The Hall–Kier alpha value is -3.58. The van der Waals surface area contributed by atoms with Crippen LogP contribution in [0.15, 0.2) is 88.0 Å². The maximum Gasteiger partial charge on any atom is 0.363 e. The lowest BCUT2D eigenvalue weighted by Gasteiger charge is -2.11. The van der Waals surface area contributed by atoms with Gasteiger partial charge in [-0.15, -0.1) is 0 Å². The van der Waals surface area contributed by atoms with Crippen molar-refractivity contribution in [2.24, 2.45) is 4.99 Å². The average molecular weight is 494 g/mol. The van der Waals surface area contributed by atoms with E-state index in [4.69, 9.17) is 18.9 Å². The quantitative estimate of drug-likeness (QED) is 0.243. The van der Waals surface area contributed by atoms with Crippen molar-refractivity contribution in [3.63, 3.8) is 0 Å². The van der Waals surface area contributed by atoms with Gasteiger partial charge in [0.1, 0.15) is 30.5 Å². The largest absolute Gasteiger partial charge is 0.497 e. The van der Waals surface area contributed by atoms with E-state index in [9.17, 15) is 4.79 Å². The van der Waals surface area contributed by atoms with Gasteiger partial charge in [0.05, 0.1) is 7.11 Å². The third-order valence-electron chi connectivity index (χ3n) is 4.56. The van der Waals surface area contributed by atoms with Crippen molar-refractivity contribution in [1.82, 2.24) is 0 Å². The lowest BCUT2D eigenvalue weighted by Crippen LogP contribution is -2.09. The first-order valence-electron chi connectivity index (χ1n) is 9.89. The molecule has 0 saturated carbocycles. The lowest BCUT2D eigenvalue weighted by atomic mass is 10.1. The van der Waals surface area contributed by atoms with Crippen molar-refractivity contribution in [3.8, 4) is 17.2 Å². The zero-order valence-corrected chi connectivity index (χ0v) is 18.9. The van der Waals surface area contributed by atoms with Crippen LogP contribution in [0.1, 0.15) is 11.1 Å². The number of rotatable bonds is 8. The Bertz CT molecular complexity index is 1170. The molecule has 7 heteroatoms. The molecule has 1 aliphatic rings. The molecule has 0 bridgehead atoms. The normalized spacial score (nSPS) is 14.1. The molecule has 0 amide bonds. The van der Waals surface area contributed by atoms with Crippen molar-refractivity contribution >= 4 is 33.9 Å². The predicted molar refractivity (Wildman–Crippen MR) is 125 cm³/mol. The smallest absolute Gasteiger partial charge is 0.363 e. The van der Waals surface area contributed by atoms with E-state index in [0.29, 0.717) is 30.3 Å². The number of carbonyl (C=O) groups excluding carboxylic acids is 1. The van der Waals surface area contributed by atoms with Crippen LogP contribution < -0.4 is 14.2 Å². The van der Waals surface area contributed by atoms with Crippen LogP contribution in [0.25, 0.3) is 6.08 Å². The first-order valence-corrected chi connectivity index (χ1v) is 10.7. The molecule has 6 nitrogen and oxygen atoms in total. The second-order valence-electron chi connectivity index (χ2n) is 6.76. The molecule has 4 rings (SSSR count). The van der Waals surface area contributed by atoms with Gasteiger partial charge in [0.25, 0.3) is 0 Å². The van der Waals surface area contributed by atoms with Crippen LogP contribution in [-0.2, 0) is 9.53 Å². The molecule has 0 aromatic heterocycles. The van der Waals surface area contributed by atoms with Crippen molar-refractivity contribution < 1.29 is 23.7 Å². The number of aliphatic imine (C=N–C) groups is 1. The van der Waals surface area contributed by atoms with Crippen molar-refractivity contribution in [3.05, 3.63) is 94.1 Å². The van der Waals surface area contributed by atoms with E-state index in [1.54, 1.807) is 13.2 Å². The summed E-state index contributed by atoms with van der Waals surface area (Å²) >= 11 is 3.46. The summed E-state index contributed by atoms with van der Waals surface area (Å²) < 4.78 is 23.0. The van der Waals surface area contributed by atoms with Crippen molar-refractivity contribution in [2.45, 2.75) is 0 Å². The molecule has 0 saturated heterocycles. The van der Waals surface area contributed by atoms with Crippen LogP contribution in [0, 0.1) is 0 Å². The first-order chi connectivity index (χ1) is 15.6. The first kappa shape index (κ1) is 21.6. The second-order valence-corrected chi connectivity index (χ2v) is 7.68. The van der Waals surface area contributed by atoms with Gasteiger partial charge >= 0.3 is 5.97 Å². The van der Waals surface area contributed by atoms with E-state index in [0.717, 1.165) is 15.8 Å². The molecule has 162 valence electrons. The maximum atomic E-state index is 12.3. The van der Waals surface area contributed by atoms with Crippen LogP contribution in [0.3, 0.4) is 0 Å². The molecule has 3 aromatic carbocycles. The summed E-state index contributed by atoms with van der Waals surface area (Å²) in [6.45, 7) is 0.662. The third kappa shape index (κ3) is 5.36. The number of cyclic esters (lactones) is 1. The lowest BCUT2D eigenvalue weighted by molar-refractivity contribution is -0.129. The van der Waals surface area contributed by atoms with Gasteiger partial charge < -0.3 is 18.9 Å². The van der Waals surface area contributed by atoms with Crippen molar-refractivity contribution in [2.75, 3.05) is 20.3 Å². The van der Waals surface area contributed by atoms with E-state index in [-0.39, 0.29) is 11.6 Å². The van der Waals surface area contributed by atoms with Crippen molar-refractivity contribution in [1.29, 1.82) is 0 Å². The molecular formula is C25H20BrNO5. The van der Waals surface area contributed by atoms with E-state index in [2.05, 4.69) is 20.9 Å². The van der Waals surface area contributed by atoms with E-state index in [1.807, 2.05) is 72.8 Å². The number of carbonyl (C=O) groups is 1. The number of ether oxygens (including phenoxy) is 4. The number of benzene rings is 3. The van der Waals surface area contributed by atoms with E-state index >= 15 is 0 Å². The number of hydrogen-bond acceptors (Lipinski definition) is 6. The molecule has 0 aliphatic carbocycles. The molecule has 0 N–H and O–H groups in total. The zero-order valence-electron chi connectivity index (χ0n) is 17.3. The Labute approximate surface area is 194 Å². The second kappa shape index (κ2) is 10.2. The minimum Gasteiger partial charge on any atom is -0.497 e. The van der Waals surface area contributed by atoms with Crippen LogP contribution in [-0.4, -0.2) is 32.2 Å². The molecular weight excluding hydrogens is 474 g/mol. The fraction of sp³-hybridized carbons (Fsp3) is 0.120. The van der Waals surface area contributed by atoms with Crippen LogP contribution in [0.4, 0.5) is 0 Å². The molecule has 3 aromatic rings. The summed E-state index contributed by atoms with van der Waals surface area (Å²) in [7, 11) is 1.61. The van der Waals surface area contributed by atoms with Gasteiger partial charge in [0, 0.05) is 21.7 Å².